The summed E-state index contributed by atoms with van der Waals surface area (Å²) in [5.41, 5.74) is 2.15. The Bertz CT molecular complexity index is 1110. The van der Waals surface area contributed by atoms with Gasteiger partial charge < -0.3 is 10.1 Å². The van der Waals surface area contributed by atoms with Gasteiger partial charge in [0.15, 0.2) is 5.13 Å². The zero-order chi connectivity index (χ0) is 21.8. The first-order chi connectivity index (χ1) is 15.0. The fourth-order valence-electron chi connectivity index (χ4n) is 3.38. The second-order valence-electron chi connectivity index (χ2n) is 7.59. The number of hydrogen-bond donors (Lipinski definition) is 1. The number of carbonyl (C=O) groups is 1. The van der Waals surface area contributed by atoms with Crippen LogP contribution >= 0.6 is 23.7 Å². The number of ether oxygens (including phenoxy) is 1. The van der Waals surface area contributed by atoms with Crippen molar-refractivity contribution in [1.29, 1.82) is 0 Å². The number of nitrogens with zero attached hydrogens (tertiary/aromatic N) is 4. The lowest BCUT2D eigenvalue weighted by Crippen LogP contribution is -2.41. The van der Waals surface area contributed by atoms with Gasteiger partial charge in [-0.25, -0.2) is 9.67 Å². The summed E-state index contributed by atoms with van der Waals surface area (Å²) < 4.78 is 6.80. The first kappa shape index (κ1) is 24.1. The van der Waals surface area contributed by atoms with E-state index in [1.165, 1.54) is 22.1 Å². The van der Waals surface area contributed by atoms with E-state index in [0.717, 1.165) is 29.2 Å². The zero-order valence-electron chi connectivity index (χ0n) is 18.0. The van der Waals surface area contributed by atoms with E-state index in [4.69, 9.17) is 9.72 Å². The number of carbonyl (C=O) groups excluding carboxylic acids is 1. The molecular weight excluding hydrogens is 450 g/mol. The highest BCUT2D eigenvalue weighted by molar-refractivity contribution is 7.19. The molecule has 1 fully saturated rings. The Morgan fingerprint density at radius 1 is 1.16 bits per heavy atom. The second-order valence-corrected chi connectivity index (χ2v) is 8.59. The number of morpholine rings is 1. The lowest BCUT2D eigenvalue weighted by Gasteiger charge is -2.25. The van der Waals surface area contributed by atoms with Gasteiger partial charge in [0.2, 0.25) is 5.91 Å². The molecule has 4 rings (SSSR count). The summed E-state index contributed by atoms with van der Waals surface area (Å²) in [5, 5.41) is 7.99. The van der Waals surface area contributed by atoms with Gasteiger partial charge in [0.1, 0.15) is 5.69 Å². The summed E-state index contributed by atoms with van der Waals surface area (Å²) in [6.45, 7) is 6.91. The van der Waals surface area contributed by atoms with E-state index < -0.39 is 0 Å². The number of nitrogens with one attached hydrogen (secondary N) is 1. The molecule has 3 aromatic rings. The zero-order valence-corrected chi connectivity index (χ0v) is 19.6. The number of anilines is 1. The molecule has 1 N–H and O–H groups in total. The number of hydrogen-bond acceptors (Lipinski definition) is 7. The molecule has 2 aromatic heterocycles. The van der Waals surface area contributed by atoms with Crippen molar-refractivity contribution in [1.82, 2.24) is 19.7 Å². The third kappa shape index (κ3) is 5.60. The van der Waals surface area contributed by atoms with Crippen LogP contribution < -0.4 is 10.9 Å². The fourth-order valence-corrected chi connectivity index (χ4v) is 4.35. The maximum Gasteiger partial charge on any atom is 0.267 e. The van der Waals surface area contributed by atoms with E-state index in [2.05, 4.69) is 15.3 Å². The van der Waals surface area contributed by atoms with Crippen molar-refractivity contribution in [2.24, 2.45) is 0 Å². The lowest BCUT2D eigenvalue weighted by molar-refractivity contribution is -0.118. The van der Waals surface area contributed by atoms with Crippen LogP contribution in [-0.4, -0.2) is 58.4 Å². The number of rotatable bonds is 6. The van der Waals surface area contributed by atoms with Crippen LogP contribution in [0.3, 0.4) is 0 Å². The Morgan fingerprint density at radius 3 is 2.56 bits per heavy atom. The molecule has 1 saturated heterocycles. The molecule has 8 nitrogen and oxygen atoms in total. The Labute approximate surface area is 196 Å². The molecule has 32 heavy (non-hydrogen) atoms. The molecule has 3 heterocycles. The van der Waals surface area contributed by atoms with Gasteiger partial charge in [-0.3, -0.25) is 14.5 Å². The van der Waals surface area contributed by atoms with E-state index >= 15 is 0 Å². The minimum Gasteiger partial charge on any atom is -0.379 e. The van der Waals surface area contributed by atoms with Crippen molar-refractivity contribution >= 4 is 34.8 Å². The minimum absolute atomic E-state index is 0. The van der Waals surface area contributed by atoms with E-state index in [9.17, 15) is 9.59 Å². The molecule has 0 saturated carbocycles. The van der Waals surface area contributed by atoms with Gasteiger partial charge >= 0.3 is 0 Å². The van der Waals surface area contributed by atoms with Crippen LogP contribution in [0.5, 0.6) is 0 Å². The van der Waals surface area contributed by atoms with Gasteiger partial charge in [-0.1, -0.05) is 41.7 Å². The molecule has 0 spiro atoms. The average molecular weight is 476 g/mol. The molecule has 1 aliphatic heterocycles. The molecule has 0 bridgehead atoms. The molecule has 0 aliphatic carbocycles. The Balaban J connectivity index is 0.00000289. The highest BCUT2D eigenvalue weighted by Gasteiger charge is 2.20. The second kappa shape index (κ2) is 10.8. The van der Waals surface area contributed by atoms with Crippen LogP contribution in [0.1, 0.15) is 19.9 Å². The molecule has 170 valence electrons. The summed E-state index contributed by atoms with van der Waals surface area (Å²) in [6, 6.07) is 12.9. The summed E-state index contributed by atoms with van der Waals surface area (Å²) in [6.07, 6.45) is 0. The molecule has 0 unspecified atom stereocenters. The van der Waals surface area contributed by atoms with Gasteiger partial charge in [-0.15, -0.1) is 12.4 Å². The van der Waals surface area contributed by atoms with Crippen molar-refractivity contribution < 1.29 is 9.53 Å². The minimum atomic E-state index is -0.149. The van der Waals surface area contributed by atoms with Crippen LogP contribution in [0.4, 0.5) is 5.13 Å². The molecular formula is C22H26ClN5O3S. The number of halogens is 1. The van der Waals surface area contributed by atoms with E-state index in [1.807, 2.05) is 44.2 Å². The van der Waals surface area contributed by atoms with Gasteiger partial charge in [0.05, 0.1) is 36.4 Å². The van der Waals surface area contributed by atoms with Crippen LogP contribution in [-0.2, 0) is 9.53 Å². The highest BCUT2D eigenvalue weighted by Crippen LogP contribution is 2.38. The number of amides is 1. The van der Waals surface area contributed by atoms with Crippen LogP contribution in [0.25, 0.3) is 21.8 Å². The SMILES string of the molecule is CC(C)n1nc(-c2sc(NC(=O)CN3CCOCC3)nc2-c2ccccc2)ccc1=O.Cl. The van der Waals surface area contributed by atoms with Crippen molar-refractivity contribution in [2.75, 3.05) is 38.2 Å². The molecule has 0 radical (unpaired) electrons. The van der Waals surface area contributed by atoms with E-state index in [0.29, 0.717) is 30.6 Å². The molecule has 1 amide bonds. The summed E-state index contributed by atoms with van der Waals surface area (Å²) in [7, 11) is 0. The van der Waals surface area contributed by atoms with E-state index in [1.54, 1.807) is 6.07 Å². The summed E-state index contributed by atoms with van der Waals surface area (Å²) in [4.78, 5) is 32.3. The largest absolute Gasteiger partial charge is 0.379 e. The highest BCUT2D eigenvalue weighted by atomic mass is 35.5. The number of thiazole rings is 1. The quantitative estimate of drug-likeness (QED) is 0.588. The van der Waals surface area contributed by atoms with Gasteiger partial charge in [-0.2, -0.15) is 5.10 Å². The van der Waals surface area contributed by atoms with Gasteiger partial charge in [0, 0.05) is 24.7 Å². The number of benzene rings is 1. The molecule has 0 atom stereocenters. The smallest absolute Gasteiger partial charge is 0.267 e. The first-order valence-corrected chi connectivity index (χ1v) is 11.1. The van der Waals surface area contributed by atoms with Gasteiger partial charge in [-0.05, 0) is 19.9 Å². The maximum atomic E-state index is 12.6. The van der Waals surface area contributed by atoms with Gasteiger partial charge in [0.25, 0.3) is 5.56 Å². The van der Waals surface area contributed by atoms with Crippen LogP contribution in [0.2, 0.25) is 0 Å². The van der Waals surface area contributed by atoms with Crippen LogP contribution in [0.15, 0.2) is 47.3 Å². The number of aromatic nitrogens is 3. The molecule has 1 aromatic carbocycles. The van der Waals surface area contributed by atoms with E-state index in [-0.39, 0.29) is 29.9 Å². The average Bonchev–Trinajstić information content (AvgIpc) is 3.18. The topological polar surface area (TPSA) is 89.3 Å². The van der Waals surface area contributed by atoms with Crippen molar-refractivity contribution in [3.8, 4) is 21.8 Å². The first-order valence-electron chi connectivity index (χ1n) is 10.3. The maximum absolute atomic E-state index is 12.6. The Morgan fingerprint density at radius 2 is 1.88 bits per heavy atom. The van der Waals surface area contributed by atoms with Crippen LogP contribution in [0, 0.1) is 0 Å². The van der Waals surface area contributed by atoms with Crippen molar-refractivity contribution in [2.45, 2.75) is 19.9 Å². The third-order valence-electron chi connectivity index (χ3n) is 4.94. The molecule has 10 heteroatoms. The summed E-state index contributed by atoms with van der Waals surface area (Å²) >= 11 is 1.36. The third-order valence-corrected chi connectivity index (χ3v) is 5.93. The standard InChI is InChI=1S/C22H25N5O3S.ClH/c1-15(2)27-19(29)9-8-17(25-27)21-20(16-6-4-3-5-7-16)24-22(31-21)23-18(28)14-26-10-12-30-13-11-26;/h3-9,15H,10-14H2,1-2H3,(H,23,24,28);1H. The fraction of sp³-hybridized carbons (Fsp3) is 0.364. The Hall–Kier alpha value is -2.59. The summed E-state index contributed by atoms with van der Waals surface area (Å²) in [5.74, 6) is -0.109. The predicted molar refractivity (Wildman–Crippen MR) is 129 cm³/mol. The predicted octanol–water partition coefficient (Wildman–Crippen LogP) is 3.31. The monoisotopic (exact) mass is 475 g/mol. The van der Waals surface area contributed by atoms with Crippen molar-refractivity contribution in [3.63, 3.8) is 0 Å². The Kier molecular flexibility index (Phi) is 8.14. The molecule has 1 aliphatic rings. The van der Waals surface area contributed by atoms with Crippen molar-refractivity contribution in [3.05, 3.63) is 52.8 Å². The normalized spacial score (nSPS) is 14.2. The lowest BCUT2D eigenvalue weighted by atomic mass is 10.1.